The van der Waals surface area contributed by atoms with E-state index in [1.807, 2.05) is 37.4 Å². The van der Waals surface area contributed by atoms with Crippen LogP contribution in [-0.4, -0.2) is 25.9 Å². The monoisotopic (exact) mass is 734 g/mol. The van der Waals surface area contributed by atoms with Crippen LogP contribution in [0.1, 0.15) is 65.0 Å². The first-order chi connectivity index (χ1) is 22.6. The zero-order chi connectivity index (χ0) is 31.5. The van der Waals surface area contributed by atoms with Crippen LogP contribution in [0.15, 0.2) is 123 Å². The molecular formula is C40H36Br2N2O2. The summed E-state index contributed by atoms with van der Waals surface area (Å²) >= 11 is 7.25. The summed E-state index contributed by atoms with van der Waals surface area (Å²) in [5, 5.41) is 0. The third-order valence-electron chi connectivity index (χ3n) is 8.99. The second-order valence-corrected chi connectivity index (χ2v) is 13.7. The molecule has 0 amide bonds. The van der Waals surface area contributed by atoms with Crippen LogP contribution in [0.3, 0.4) is 0 Å². The van der Waals surface area contributed by atoms with E-state index in [1.165, 1.54) is 27.9 Å². The van der Waals surface area contributed by atoms with Gasteiger partial charge in [0.2, 0.25) is 0 Å². The smallest absolute Gasteiger partial charge is 0.175 e. The Morgan fingerprint density at radius 3 is 1.96 bits per heavy atom. The molecule has 2 atom stereocenters. The van der Waals surface area contributed by atoms with Crippen molar-refractivity contribution in [1.29, 1.82) is 0 Å². The lowest BCUT2D eigenvalue weighted by atomic mass is 9.76. The number of anilines is 1. The van der Waals surface area contributed by atoms with E-state index in [1.54, 1.807) is 0 Å². The van der Waals surface area contributed by atoms with E-state index in [0.29, 0.717) is 36.5 Å². The van der Waals surface area contributed by atoms with Gasteiger partial charge in [-0.1, -0.05) is 88.7 Å². The fraction of sp³-hybridized carbons (Fsp3) is 0.225. The van der Waals surface area contributed by atoms with Crippen LogP contribution in [-0.2, 0) is 6.61 Å². The van der Waals surface area contributed by atoms with Crippen LogP contribution >= 0.6 is 31.9 Å². The number of nitrogens with zero attached hydrogens (tertiary/aromatic N) is 2. The standard InChI is InChI=1S/C40H36Br2N2O2/c1-2-45-38-22-28(21-37(42)40(38)46-26-27-13-15-31(41)16-14-27)25-43-32-23-35-33(29-9-5-3-6-10-29)17-19-44-20-18-34(36(24-32)39(35)44)30-11-7-4-8-12-30/h3-16,21-25,33-34H,2,17-20,26H2,1H3/t33-,34-/m1/s1. The summed E-state index contributed by atoms with van der Waals surface area (Å²) in [4.78, 5) is 7.71. The summed E-state index contributed by atoms with van der Waals surface area (Å²) in [6.07, 6.45) is 4.15. The number of benzene rings is 5. The maximum Gasteiger partial charge on any atom is 0.175 e. The average molecular weight is 737 g/mol. The molecule has 2 aliphatic rings. The minimum atomic E-state index is 0.344. The second-order valence-electron chi connectivity index (χ2n) is 11.9. The lowest BCUT2D eigenvalue weighted by Crippen LogP contribution is -2.37. The van der Waals surface area contributed by atoms with Crippen molar-refractivity contribution in [3.8, 4) is 11.5 Å². The van der Waals surface area contributed by atoms with Gasteiger partial charge in [0.1, 0.15) is 6.61 Å². The van der Waals surface area contributed by atoms with Gasteiger partial charge in [0.05, 0.1) is 16.8 Å². The molecule has 7 rings (SSSR count). The maximum absolute atomic E-state index is 6.24. The molecule has 46 heavy (non-hydrogen) atoms. The minimum absolute atomic E-state index is 0.344. The van der Waals surface area contributed by atoms with Crippen molar-refractivity contribution in [2.75, 3.05) is 24.6 Å². The Labute approximate surface area is 288 Å². The van der Waals surface area contributed by atoms with Crippen molar-refractivity contribution in [1.82, 2.24) is 0 Å². The van der Waals surface area contributed by atoms with Crippen LogP contribution in [0.2, 0.25) is 0 Å². The summed E-state index contributed by atoms with van der Waals surface area (Å²) in [6.45, 7) is 5.12. The van der Waals surface area contributed by atoms with Gasteiger partial charge in [-0.05, 0) is 105 Å². The summed E-state index contributed by atoms with van der Waals surface area (Å²) in [6, 6.07) is 38.8. The first-order valence-electron chi connectivity index (χ1n) is 16.0. The minimum Gasteiger partial charge on any atom is -0.490 e. The molecular weight excluding hydrogens is 700 g/mol. The van der Waals surface area contributed by atoms with Gasteiger partial charge in [-0.3, -0.25) is 4.99 Å². The third kappa shape index (κ3) is 6.51. The molecule has 2 heterocycles. The van der Waals surface area contributed by atoms with Crippen LogP contribution in [0.4, 0.5) is 11.4 Å². The second kappa shape index (κ2) is 13.9. The Bertz CT molecular complexity index is 1770. The molecule has 0 spiro atoms. The highest BCUT2D eigenvalue weighted by molar-refractivity contribution is 9.10. The summed E-state index contributed by atoms with van der Waals surface area (Å²) in [5.41, 5.74) is 9.93. The molecule has 0 aliphatic carbocycles. The van der Waals surface area contributed by atoms with Gasteiger partial charge in [-0.25, -0.2) is 0 Å². The molecule has 0 fully saturated rings. The molecule has 5 aromatic rings. The molecule has 0 saturated heterocycles. The molecule has 0 bridgehead atoms. The number of hydrogen-bond acceptors (Lipinski definition) is 4. The zero-order valence-electron chi connectivity index (χ0n) is 25.8. The van der Waals surface area contributed by atoms with Gasteiger partial charge in [0, 0.05) is 41.3 Å². The average Bonchev–Trinajstić information content (AvgIpc) is 3.09. The molecule has 232 valence electrons. The SMILES string of the molecule is CCOc1cc(C=Nc2cc3c4c(c2)[C@@H](c2ccccc2)CCN4CC[C@@H]3c2ccccc2)cc(Br)c1OCc1ccc(Br)cc1. The fourth-order valence-electron chi connectivity index (χ4n) is 6.86. The first-order valence-corrected chi connectivity index (χ1v) is 17.6. The van der Waals surface area contributed by atoms with Gasteiger partial charge in [-0.15, -0.1) is 0 Å². The van der Waals surface area contributed by atoms with E-state index in [4.69, 9.17) is 14.5 Å². The molecule has 0 aromatic heterocycles. The predicted molar refractivity (Wildman–Crippen MR) is 195 cm³/mol. The number of halogens is 2. The molecule has 0 N–H and O–H groups in total. The Balaban J connectivity index is 1.25. The van der Waals surface area contributed by atoms with Gasteiger partial charge in [0.25, 0.3) is 0 Å². The maximum atomic E-state index is 6.24. The van der Waals surface area contributed by atoms with Gasteiger partial charge in [-0.2, -0.15) is 0 Å². The van der Waals surface area contributed by atoms with E-state index in [-0.39, 0.29) is 0 Å². The van der Waals surface area contributed by atoms with Crippen LogP contribution in [0, 0.1) is 0 Å². The molecule has 4 nitrogen and oxygen atoms in total. The van der Waals surface area contributed by atoms with Crippen molar-refractivity contribution >= 4 is 49.4 Å². The van der Waals surface area contributed by atoms with E-state index < -0.39 is 0 Å². The molecule has 5 aromatic carbocycles. The van der Waals surface area contributed by atoms with E-state index in [2.05, 4.69) is 122 Å². The lowest BCUT2D eigenvalue weighted by Gasteiger charge is -2.43. The van der Waals surface area contributed by atoms with Crippen molar-refractivity contribution in [2.45, 2.75) is 38.2 Å². The lowest BCUT2D eigenvalue weighted by molar-refractivity contribution is 0.267. The Hall–Kier alpha value is -3.87. The highest BCUT2D eigenvalue weighted by Gasteiger charge is 2.35. The third-order valence-corrected chi connectivity index (χ3v) is 10.1. The first kappa shape index (κ1) is 30.8. The molecule has 0 radical (unpaired) electrons. The number of ether oxygens (including phenoxy) is 2. The Kier molecular flexibility index (Phi) is 9.27. The summed E-state index contributed by atoms with van der Waals surface area (Å²) in [5.74, 6) is 2.07. The van der Waals surface area contributed by atoms with Gasteiger partial charge in [0.15, 0.2) is 11.5 Å². The Morgan fingerprint density at radius 1 is 0.761 bits per heavy atom. The quantitative estimate of drug-likeness (QED) is 0.141. The van der Waals surface area contributed by atoms with Gasteiger partial charge >= 0.3 is 0 Å². The van der Waals surface area contributed by atoms with Crippen molar-refractivity contribution in [2.24, 2.45) is 4.99 Å². The topological polar surface area (TPSA) is 34.1 Å². The predicted octanol–water partition coefficient (Wildman–Crippen LogP) is 10.8. The normalized spacial score (nSPS) is 17.2. The molecule has 2 aliphatic heterocycles. The van der Waals surface area contributed by atoms with Crippen LogP contribution in [0.25, 0.3) is 0 Å². The summed E-state index contributed by atoms with van der Waals surface area (Å²) < 4.78 is 14.2. The highest BCUT2D eigenvalue weighted by Crippen LogP contribution is 2.50. The zero-order valence-corrected chi connectivity index (χ0v) is 29.0. The van der Waals surface area contributed by atoms with Gasteiger partial charge < -0.3 is 14.4 Å². The fourth-order valence-corrected chi connectivity index (χ4v) is 7.70. The molecule has 6 heteroatoms. The van der Waals surface area contributed by atoms with Crippen molar-refractivity contribution < 1.29 is 9.47 Å². The Morgan fingerprint density at radius 2 is 1.37 bits per heavy atom. The number of rotatable bonds is 9. The van der Waals surface area contributed by atoms with Crippen LogP contribution in [0.5, 0.6) is 11.5 Å². The highest BCUT2D eigenvalue weighted by atomic mass is 79.9. The van der Waals surface area contributed by atoms with Crippen molar-refractivity contribution in [3.05, 3.63) is 152 Å². The molecule has 0 saturated carbocycles. The largest absolute Gasteiger partial charge is 0.490 e. The van der Waals surface area contributed by atoms with Crippen molar-refractivity contribution in [3.63, 3.8) is 0 Å². The number of aliphatic imine (C=N–C) groups is 1. The van der Waals surface area contributed by atoms with E-state index in [9.17, 15) is 0 Å². The van der Waals surface area contributed by atoms with E-state index >= 15 is 0 Å². The summed E-state index contributed by atoms with van der Waals surface area (Å²) in [7, 11) is 0. The van der Waals surface area contributed by atoms with E-state index in [0.717, 1.165) is 51.7 Å². The van der Waals surface area contributed by atoms with Crippen LogP contribution < -0.4 is 14.4 Å². The number of hydrogen-bond donors (Lipinski definition) is 0. The molecule has 0 unspecified atom stereocenters.